The summed E-state index contributed by atoms with van der Waals surface area (Å²) < 4.78 is 1.91. The first-order chi connectivity index (χ1) is 11.9. The van der Waals surface area contributed by atoms with Crippen molar-refractivity contribution < 1.29 is 15.0 Å². The summed E-state index contributed by atoms with van der Waals surface area (Å²) in [5.41, 5.74) is 6.38. The number of benzene rings is 2. The zero-order valence-corrected chi connectivity index (χ0v) is 14.4. The lowest BCUT2D eigenvalue weighted by Gasteiger charge is -2.14. The molecule has 1 aromatic heterocycles. The molecule has 0 saturated heterocycles. The maximum atomic E-state index is 10.9. The van der Waals surface area contributed by atoms with Gasteiger partial charge in [0.2, 0.25) is 0 Å². The second kappa shape index (κ2) is 6.53. The van der Waals surface area contributed by atoms with Crippen LogP contribution in [-0.4, -0.2) is 26.0 Å². The van der Waals surface area contributed by atoms with E-state index in [2.05, 4.69) is 11.2 Å². The van der Waals surface area contributed by atoms with Crippen molar-refractivity contribution in [3.63, 3.8) is 0 Å². The Kier molecular flexibility index (Phi) is 4.42. The lowest BCUT2D eigenvalue weighted by Crippen LogP contribution is -2.10. The van der Waals surface area contributed by atoms with Gasteiger partial charge in [-0.1, -0.05) is 36.4 Å². The molecule has 0 aliphatic heterocycles. The quantitative estimate of drug-likeness (QED) is 0.763. The summed E-state index contributed by atoms with van der Waals surface area (Å²) >= 11 is 0. The number of hydrogen-bond donors (Lipinski definition) is 2. The van der Waals surface area contributed by atoms with Gasteiger partial charge in [-0.15, -0.1) is 0 Å². The first-order valence-corrected chi connectivity index (χ1v) is 8.02. The maximum Gasteiger partial charge on any atom is 0.337 e. The molecular formula is C20H20N2O3. The van der Waals surface area contributed by atoms with Crippen molar-refractivity contribution in [3.8, 4) is 16.8 Å². The van der Waals surface area contributed by atoms with Crippen LogP contribution >= 0.6 is 0 Å². The molecule has 3 rings (SSSR count). The van der Waals surface area contributed by atoms with E-state index in [0.29, 0.717) is 5.56 Å². The molecule has 1 heterocycles. The Hall–Kier alpha value is -2.92. The zero-order chi connectivity index (χ0) is 18.1. The normalized spacial score (nSPS) is 12.2. The molecule has 2 N–H and O–H groups in total. The van der Waals surface area contributed by atoms with Gasteiger partial charge in [0.05, 0.1) is 11.4 Å². The summed E-state index contributed by atoms with van der Waals surface area (Å²) in [7, 11) is 0. The van der Waals surface area contributed by atoms with Gasteiger partial charge in [-0.2, -0.15) is 5.10 Å². The number of aryl methyl sites for hydroxylation is 3. The fraction of sp³-hybridized carbons (Fsp3) is 0.200. The Morgan fingerprint density at radius 1 is 1.04 bits per heavy atom. The van der Waals surface area contributed by atoms with Gasteiger partial charge in [0.15, 0.2) is 6.10 Å². The van der Waals surface area contributed by atoms with Crippen molar-refractivity contribution in [2.24, 2.45) is 0 Å². The molecule has 25 heavy (non-hydrogen) atoms. The van der Waals surface area contributed by atoms with Gasteiger partial charge in [0.25, 0.3) is 0 Å². The van der Waals surface area contributed by atoms with Crippen LogP contribution in [0.25, 0.3) is 16.8 Å². The highest BCUT2D eigenvalue weighted by Gasteiger charge is 2.16. The van der Waals surface area contributed by atoms with Gasteiger partial charge in [-0.3, -0.25) is 0 Å². The molecule has 0 aliphatic rings. The van der Waals surface area contributed by atoms with Gasteiger partial charge < -0.3 is 10.2 Å². The zero-order valence-electron chi connectivity index (χ0n) is 14.4. The molecule has 0 spiro atoms. The number of nitrogens with zero attached hydrogens (tertiary/aromatic N) is 2. The highest BCUT2D eigenvalue weighted by molar-refractivity contribution is 5.76. The minimum Gasteiger partial charge on any atom is -0.479 e. The average molecular weight is 336 g/mol. The Labute approximate surface area is 146 Å². The van der Waals surface area contributed by atoms with Crippen molar-refractivity contribution in [2.75, 3.05) is 0 Å². The molecule has 0 radical (unpaired) electrons. The van der Waals surface area contributed by atoms with Crippen LogP contribution in [0.4, 0.5) is 0 Å². The molecule has 1 atom stereocenters. The number of aliphatic hydroxyl groups is 1. The summed E-state index contributed by atoms with van der Waals surface area (Å²) in [6.45, 7) is 6.00. The van der Waals surface area contributed by atoms with Crippen LogP contribution in [0.2, 0.25) is 0 Å². The molecule has 0 amide bonds. The molecule has 0 saturated carbocycles. The van der Waals surface area contributed by atoms with Crippen LogP contribution < -0.4 is 0 Å². The standard InChI is InChI=1S/C20H20N2O3/c1-12-4-9-17(18(10-12)22-14(3)11-13(2)21-22)15-5-7-16(8-6-15)19(23)20(24)25/h4-11,19,23H,1-3H3,(H,24,25)/t19-/m1/s1. The Bertz CT molecular complexity index is 927. The highest BCUT2D eigenvalue weighted by atomic mass is 16.4. The van der Waals surface area contributed by atoms with E-state index < -0.39 is 12.1 Å². The lowest BCUT2D eigenvalue weighted by atomic mass is 9.99. The molecule has 128 valence electrons. The van der Waals surface area contributed by atoms with Crippen molar-refractivity contribution in [1.29, 1.82) is 0 Å². The van der Waals surface area contributed by atoms with Crippen LogP contribution in [0.1, 0.15) is 28.6 Å². The summed E-state index contributed by atoms with van der Waals surface area (Å²) in [5, 5.41) is 23.1. The third kappa shape index (κ3) is 3.32. The van der Waals surface area contributed by atoms with E-state index in [4.69, 9.17) is 5.11 Å². The first kappa shape index (κ1) is 16.9. The number of carbonyl (C=O) groups is 1. The SMILES string of the molecule is Cc1ccc(-c2ccc([C@@H](O)C(=O)O)cc2)c(-n2nc(C)cc2C)c1. The van der Waals surface area contributed by atoms with Crippen molar-refractivity contribution in [3.05, 3.63) is 71.0 Å². The second-order valence-electron chi connectivity index (χ2n) is 6.22. The number of carboxylic acid groups (broad SMARTS) is 1. The number of aliphatic carboxylic acids is 1. The molecule has 0 unspecified atom stereocenters. The van der Waals surface area contributed by atoms with Crippen LogP contribution in [0.15, 0.2) is 48.5 Å². The van der Waals surface area contributed by atoms with E-state index in [9.17, 15) is 9.90 Å². The molecule has 0 bridgehead atoms. The van der Waals surface area contributed by atoms with E-state index >= 15 is 0 Å². The summed E-state index contributed by atoms with van der Waals surface area (Å²) in [5.74, 6) is -1.26. The largest absolute Gasteiger partial charge is 0.479 e. The van der Waals surface area contributed by atoms with Crippen molar-refractivity contribution in [2.45, 2.75) is 26.9 Å². The number of carboxylic acids is 1. The summed E-state index contributed by atoms with van der Waals surface area (Å²) in [6, 6.07) is 15.1. The Morgan fingerprint density at radius 3 is 2.28 bits per heavy atom. The topological polar surface area (TPSA) is 75.3 Å². The number of aliphatic hydroxyl groups excluding tert-OH is 1. The van der Waals surface area contributed by atoms with Crippen LogP contribution in [0, 0.1) is 20.8 Å². The third-order valence-corrected chi connectivity index (χ3v) is 4.16. The van der Waals surface area contributed by atoms with Crippen molar-refractivity contribution >= 4 is 5.97 Å². The predicted molar refractivity (Wildman–Crippen MR) is 95.8 cm³/mol. The van der Waals surface area contributed by atoms with E-state index in [1.165, 1.54) is 0 Å². The average Bonchev–Trinajstić information content (AvgIpc) is 2.92. The minimum absolute atomic E-state index is 0.357. The first-order valence-electron chi connectivity index (χ1n) is 8.02. The number of hydrogen-bond acceptors (Lipinski definition) is 3. The fourth-order valence-corrected chi connectivity index (χ4v) is 2.92. The van der Waals surface area contributed by atoms with E-state index in [1.807, 2.05) is 55.8 Å². The molecule has 3 aromatic rings. The smallest absolute Gasteiger partial charge is 0.337 e. The maximum absolute atomic E-state index is 10.9. The monoisotopic (exact) mass is 336 g/mol. The summed E-state index contributed by atoms with van der Waals surface area (Å²) in [6.07, 6.45) is -1.51. The van der Waals surface area contributed by atoms with Gasteiger partial charge in [-0.05, 0) is 49.6 Å². The summed E-state index contributed by atoms with van der Waals surface area (Å²) in [4.78, 5) is 10.9. The van der Waals surface area contributed by atoms with Gasteiger partial charge in [-0.25, -0.2) is 9.48 Å². The van der Waals surface area contributed by atoms with Crippen LogP contribution in [0.5, 0.6) is 0 Å². The minimum atomic E-state index is -1.51. The number of rotatable bonds is 4. The van der Waals surface area contributed by atoms with Gasteiger partial charge in [0, 0.05) is 11.3 Å². The fourth-order valence-electron chi connectivity index (χ4n) is 2.92. The van der Waals surface area contributed by atoms with E-state index in [0.717, 1.165) is 33.8 Å². The number of aromatic nitrogens is 2. The Balaban J connectivity index is 2.09. The second-order valence-corrected chi connectivity index (χ2v) is 6.22. The molecule has 0 fully saturated rings. The van der Waals surface area contributed by atoms with Crippen LogP contribution in [0.3, 0.4) is 0 Å². The molecule has 0 aliphatic carbocycles. The molecule has 5 nitrogen and oxygen atoms in total. The molecule has 5 heteroatoms. The lowest BCUT2D eigenvalue weighted by molar-refractivity contribution is -0.146. The van der Waals surface area contributed by atoms with E-state index in [1.54, 1.807) is 12.1 Å². The molecule has 2 aromatic carbocycles. The van der Waals surface area contributed by atoms with E-state index in [-0.39, 0.29) is 0 Å². The van der Waals surface area contributed by atoms with Crippen LogP contribution in [-0.2, 0) is 4.79 Å². The van der Waals surface area contributed by atoms with Gasteiger partial charge >= 0.3 is 5.97 Å². The third-order valence-electron chi connectivity index (χ3n) is 4.16. The predicted octanol–water partition coefficient (Wildman–Crippen LogP) is 3.58. The van der Waals surface area contributed by atoms with Gasteiger partial charge in [0.1, 0.15) is 0 Å². The van der Waals surface area contributed by atoms with Crippen molar-refractivity contribution in [1.82, 2.24) is 9.78 Å². The Morgan fingerprint density at radius 2 is 1.72 bits per heavy atom. The highest BCUT2D eigenvalue weighted by Crippen LogP contribution is 2.29. The molecular weight excluding hydrogens is 316 g/mol.